The third-order valence-electron chi connectivity index (χ3n) is 0.0357. The van der Waals surface area contributed by atoms with E-state index in [1.54, 1.807) is 6.07 Å². The van der Waals surface area contributed by atoms with Crippen LogP contribution in [0.3, 0.4) is 0 Å². The van der Waals surface area contributed by atoms with Crippen molar-refractivity contribution in [1.29, 1.82) is 5.26 Å². The number of hydrazine groups is 1. The summed E-state index contributed by atoms with van der Waals surface area (Å²) in [6.07, 6.45) is 0. The van der Waals surface area contributed by atoms with Gasteiger partial charge in [0.1, 0.15) is 0 Å². The molecule has 0 saturated heterocycles. The topological polar surface area (TPSA) is 47.9 Å². The molecule has 0 rings (SSSR count). The van der Waals surface area contributed by atoms with Gasteiger partial charge in [-0.05, 0) is 23.6 Å². The minimum absolute atomic E-state index is 1.43. The van der Waals surface area contributed by atoms with Crippen LogP contribution in [0.2, 0.25) is 0 Å². The van der Waals surface area contributed by atoms with Crippen molar-refractivity contribution in [2.75, 3.05) is 0 Å². The quantitative estimate of drug-likeness (QED) is 0.422. The van der Waals surface area contributed by atoms with Crippen molar-refractivity contribution in [3.05, 3.63) is 0 Å². The molecule has 0 spiro atoms. The van der Waals surface area contributed by atoms with Gasteiger partial charge in [-0.3, -0.25) is 0 Å². The number of nitrogens with one attached hydrogen (secondary N) is 2. The zero-order valence-corrected chi connectivity index (χ0v) is 5.22. The number of halogens is 2. The summed E-state index contributed by atoms with van der Waals surface area (Å²) in [6, 6.07) is 1.75. The van der Waals surface area contributed by atoms with Gasteiger partial charge in [0.05, 0.1) is 6.07 Å². The Hall–Kier alpha value is -0.0100. The monoisotopic (exact) mass is 141 g/mol. The maximum Gasteiger partial charge on any atom is 0.0587 e. The zero-order chi connectivity index (χ0) is 6.12. The molecular weight excluding hydrogens is 137 g/mol. The van der Waals surface area contributed by atoms with Crippen LogP contribution in [0.15, 0.2) is 0 Å². The summed E-state index contributed by atoms with van der Waals surface area (Å²) in [6.45, 7) is 1.43. The average Bonchev–Trinajstić information content (AvgIpc) is 1.69. The fraction of sp³-hybridized carbons (Fsp3) is 0.500. The lowest BCUT2D eigenvalue weighted by Crippen LogP contribution is -2.07. The summed E-state index contributed by atoms with van der Waals surface area (Å²) >= 11 is 9.39. The Bertz CT molecular complexity index is 47.4. The van der Waals surface area contributed by atoms with E-state index in [2.05, 4.69) is 0 Å². The molecule has 0 aromatic heterocycles. The minimum Gasteiger partial charge on any atom is -0.199 e. The lowest BCUT2D eigenvalue weighted by molar-refractivity contribution is 0.969. The average molecular weight is 142 g/mol. The smallest absolute Gasteiger partial charge is 0.0587 e. The minimum atomic E-state index is 1.43. The van der Waals surface area contributed by atoms with Crippen LogP contribution < -0.4 is 9.89 Å². The van der Waals surface area contributed by atoms with Gasteiger partial charge in [-0.2, -0.15) is 15.2 Å². The van der Waals surface area contributed by atoms with Crippen LogP contribution in [-0.4, -0.2) is 0 Å². The maximum absolute atomic E-state index is 7.32. The van der Waals surface area contributed by atoms with Crippen molar-refractivity contribution in [2.45, 2.75) is 6.92 Å². The second-order valence-electron chi connectivity index (χ2n) is 0.413. The molecule has 0 radical (unpaired) electrons. The predicted octanol–water partition coefficient (Wildman–Crippen LogP) is 0.918. The van der Waals surface area contributed by atoms with E-state index < -0.39 is 0 Å². The predicted molar refractivity (Wildman–Crippen MR) is 29.3 cm³/mol. The van der Waals surface area contributed by atoms with Crippen LogP contribution in [-0.2, 0) is 0 Å². The summed E-state index contributed by atoms with van der Waals surface area (Å²) in [7, 11) is 0. The van der Waals surface area contributed by atoms with Crippen molar-refractivity contribution in [3.8, 4) is 6.07 Å². The standard InChI is InChI=1S/C2H3N.Cl2H2N2/c1-2-3;1-3-4-2/h1H3;3-4H. The van der Waals surface area contributed by atoms with Crippen LogP contribution >= 0.6 is 23.6 Å². The van der Waals surface area contributed by atoms with E-state index in [4.69, 9.17) is 28.8 Å². The van der Waals surface area contributed by atoms with Crippen LogP contribution in [0.4, 0.5) is 0 Å². The molecule has 0 aromatic carbocycles. The molecule has 0 aliphatic rings. The van der Waals surface area contributed by atoms with E-state index in [1.807, 2.05) is 9.89 Å². The molecule has 0 aromatic rings. The normalized spacial score (nSPS) is 5.43. The highest BCUT2D eigenvalue weighted by Gasteiger charge is 1.51. The molecular formula is C2H5Cl2N3. The van der Waals surface area contributed by atoms with E-state index in [9.17, 15) is 0 Å². The van der Waals surface area contributed by atoms with Gasteiger partial charge in [-0.1, -0.05) is 0 Å². The lowest BCUT2D eigenvalue weighted by Gasteiger charge is -1.73. The summed E-state index contributed by atoms with van der Waals surface area (Å²) in [4.78, 5) is 3.84. The van der Waals surface area contributed by atoms with Crippen LogP contribution in [0.1, 0.15) is 6.92 Å². The van der Waals surface area contributed by atoms with Crippen molar-refractivity contribution >= 4 is 23.6 Å². The third-order valence-corrected chi connectivity index (χ3v) is 0.321. The number of hydrogen-bond donors (Lipinski definition) is 2. The first-order chi connectivity index (χ1) is 3.33. The largest absolute Gasteiger partial charge is 0.199 e. The maximum atomic E-state index is 7.32. The molecule has 42 valence electrons. The van der Waals surface area contributed by atoms with Crippen molar-refractivity contribution in [2.24, 2.45) is 0 Å². The molecule has 0 saturated carbocycles. The van der Waals surface area contributed by atoms with Crippen LogP contribution in [0.25, 0.3) is 0 Å². The van der Waals surface area contributed by atoms with Crippen molar-refractivity contribution < 1.29 is 0 Å². The molecule has 0 aliphatic carbocycles. The molecule has 7 heavy (non-hydrogen) atoms. The first-order valence-corrected chi connectivity index (χ1v) is 2.11. The number of nitrogens with zero attached hydrogens (tertiary/aromatic N) is 1. The molecule has 5 heteroatoms. The Kier molecular flexibility index (Phi) is 24.0. The highest BCUT2D eigenvalue weighted by atomic mass is 35.5. The summed E-state index contributed by atoms with van der Waals surface area (Å²) in [5, 5.41) is 7.32. The summed E-state index contributed by atoms with van der Waals surface area (Å²) in [5.41, 5.74) is 0. The molecule has 0 bridgehead atoms. The van der Waals surface area contributed by atoms with Gasteiger partial charge in [-0.15, -0.1) is 0 Å². The lowest BCUT2D eigenvalue weighted by atomic mass is 11.0. The van der Waals surface area contributed by atoms with Gasteiger partial charge in [0, 0.05) is 6.92 Å². The second kappa shape index (κ2) is 16.7. The van der Waals surface area contributed by atoms with E-state index in [0.29, 0.717) is 0 Å². The van der Waals surface area contributed by atoms with Gasteiger partial charge in [0.15, 0.2) is 0 Å². The SMILES string of the molecule is CC#N.ClNNCl. The summed E-state index contributed by atoms with van der Waals surface area (Å²) < 4.78 is 0. The molecule has 2 N–H and O–H groups in total. The Morgan fingerprint density at radius 3 is 1.57 bits per heavy atom. The van der Waals surface area contributed by atoms with Crippen molar-refractivity contribution in [1.82, 2.24) is 9.89 Å². The molecule has 0 amide bonds. The van der Waals surface area contributed by atoms with Crippen molar-refractivity contribution in [3.63, 3.8) is 0 Å². The second-order valence-corrected chi connectivity index (χ2v) is 0.791. The Labute approximate surface area is 52.4 Å². The zero-order valence-electron chi connectivity index (χ0n) is 3.70. The fourth-order valence-corrected chi connectivity index (χ4v) is 0. The number of nitriles is 1. The molecule has 0 heterocycles. The van der Waals surface area contributed by atoms with Gasteiger partial charge in [0.25, 0.3) is 0 Å². The fourth-order valence-electron chi connectivity index (χ4n) is 0. The number of hydrogen-bond acceptors (Lipinski definition) is 3. The van der Waals surface area contributed by atoms with Crippen LogP contribution in [0.5, 0.6) is 0 Å². The highest BCUT2D eigenvalue weighted by Crippen LogP contribution is 1.51. The number of rotatable bonds is 1. The molecule has 0 fully saturated rings. The van der Waals surface area contributed by atoms with Gasteiger partial charge < -0.3 is 0 Å². The van der Waals surface area contributed by atoms with E-state index >= 15 is 0 Å². The van der Waals surface area contributed by atoms with Gasteiger partial charge in [-0.25, -0.2) is 0 Å². The Balaban J connectivity index is 0. The first-order valence-electron chi connectivity index (χ1n) is 1.35. The first kappa shape index (κ1) is 10.1. The van der Waals surface area contributed by atoms with Crippen LogP contribution in [0, 0.1) is 11.3 Å². The van der Waals surface area contributed by atoms with E-state index in [1.165, 1.54) is 6.92 Å². The van der Waals surface area contributed by atoms with Gasteiger partial charge in [0.2, 0.25) is 0 Å². The van der Waals surface area contributed by atoms with Gasteiger partial charge >= 0.3 is 0 Å². The molecule has 0 atom stereocenters. The Morgan fingerprint density at radius 1 is 1.43 bits per heavy atom. The van der Waals surface area contributed by atoms with E-state index in [0.717, 1.165) is 0 Å². The molecule has 3 nitrogen and oxygen atoms in total. The summed E-state index contributed by atoms with van der Waals surface area (Å²) in [5.74, 6) is 0. The molecule has 0 aliphatic heterocycles. The van der Waals surface area contributed by atoms with E-state index in [-0.39, 0.29) is 0 Å². The Morgan fingerprint density at radius 2 is 1.57 bits per heavy atom. The molecule has 0 unspecified atom stereocenters. The highest BCUT2D eigenvalue weighted by molar-refractivity contribution is 6.19. The third kappa shape index (κ3) is 97.3.